The molecule has 3 rings (SSSR count). The average Bonchev–Trinajstić information content (AvgIpc) is 2.79. The van der Waals surface area contributed by atoms with Gasteiger partial charge in [-0.2, -0.15) is 0 Å². The van der Waals surface area contributed by atoms with Crippen molar-refractivity contribution in [2.75, 3.05) is 52.5 Å². The molecule has 0 unspecified atom stereocenters. The maximum absolute atomic E-state index is 5.87. The van der Waals surface area contributed by atoms with Crippen LogP contribution in [0.2, 0.25) is 0 Å². The summed E-state index contributed by atoms with van der Waals surface area (Å²) in [4.78, 5) is 14.0. The van der Waals surface area contributed by atoms with Gasteiger partial charge in [0.2, 0.25) is 11.8 Å². The van der Waals surface area contributed by atoms with Crippen LogP contribution in [0.5, 0.6) is 11.8 Å². The van der Waals surface area contributed by atoms with Gasteiger partial charge in [0.05, 0.1) is 11.0 Å². The zero-order chi connectivity index (χ0) is 21.3. The normalized spacial score (nSPS) is 10.9. The zero-order valence-corrected chi connectivity index (χ0v) is 21.2. The highest BCUT2D eigenvalue weighted by molar-refractivity contribution is 6.04. The lowest BCUT2D eigenvalue weighted by Gasteiger charge is -2.18. The molecule has 0 atom stereocenters. The minimum absolute atomic E-state index is 0. The number of nitrogens with zero attached hydrogens (tertiary/aromatic N) is 4. The minimum atomic E-state index is 0. The Morgan fingerprint density at radius 3 is 1.31 bits per heavy atom. The summed E-state index contributed by atoms with van der Waals surface area (Å²) < 4.78 is 11.7. The van der Waals surface area contributed by atoms with Crippen LogP contribution in [0.25, 0.3) is 21.8 Å². The van der Waals surface area contributed by atoms with Crippen molar-refractivity contribution >= 4 is 46.6 Å². The van der Waals surface area contributed by atoms with Crippen LogP contribution in [0.15, 0.2) is 36.4 Å². The number of halogens is 2. The molecule has 0 spiro atoms. The fourth-order valence-electron chi connectivity index (χ4n) is 3.58. The number of hydrogen-bond donors (Lipinski definition) is 0. The van der Waals surface area contributed by atoms with Gasteiger partial charge in [0.15, 0.2) is 0 Å². The Kier molecular flexibility index (Phi) is 12.6. The van der Waals surface area contributed by atoms with E-state index in [1.807, 2.05) is 24.3 Å². The van der Waals surface area contributed by atoms with Crippen molar-refractivity contribution < 1.29 is 9.47 Å². The highest BCUT2D eigenvalue weighted by atomic mass is 35.5. The van der Waals surface area contributed by atoms with Crippen molar-refractivity contribution in [2.45, 2.75) is 27.7 Å². The third-order valence-electron chi connectivity index (χ3n) is 5.59. The van der Waals surface area contributed by atoms with E-state index >= 15 is 0 Å². The van der Waals surface area contributed by atoms with Crippen LogP contribution in [0.3, 0.4) is 0 Å². The molecule has 3 aromatic rings. The summed E-state index contributed by atoms with van der Waals surface area (Å²) in [6, 6.07) is 12.0. The zero-order valence-electron chi connectivity index (χ0n) is 19.5. The van der Waals surface area contributed by atoms with Crippen LogP contribution in [-0.4, -0.2) is 72.3 Å². The molecule has 32 heavy (non-hydrogen) atoms. The second-order valence-corrected chi connectivity index (χ2v) is 7.25. The Bertz CT molecular complexity index is 873. The highest BCUT2D eigenvalue weighted by Crippen LogP contribution is 2.26. The molecule has 0 radical (unpaired) electrons. The molecule has 1 aromatic carbocycles. The van der Waals surface area contributed by atoms with Gasteiger partial charge in [-0.1, -0.05) is 27.7 Å². The van der Waals surface area contributed by atoms with Crippen molar-refractivity contribution in [1.82, 2.24) is 19.8 Å². The van der Waals surface area contributed by atoms with Crippen LogP contribution in [-0.2, 0) is 0 Å². The first kappa shape index (κ1) is 28.2. The number of likely N-dealkylation sites (N-methyl/N-ethyl adjacent to an activating group) is 2. The molecule has 0 fully saturated rings. The summed E-state index contributed by atoms with van der Waals surface area (Å²) in [7, 11) is 0. The van der Waals surface area contributed by atoms with Crippen molar-refractivity contribution in [3.63, 3.8) is 0 Å². The van der Waals surface area contributed by atoms with Gasteiger partial charge in [-0.05, 0) is 50.4 Å². The van der Waals surface area contributed by atoms with E-state index in [2.05, 4.69) is 59.6 Å². The molecule has 2 aromatic heterocycles. The van der Waals surface area contributed by atoms with Crippen molar-refractivity contribution in [2.24, 2.45) is 0 Å². The number of pyridine rings is 2. The Labute approximate surface area is 204 Å². The largest absolute Gasteiger partial charge is 0.476 e. The standard InChI is InChI=1S/C24H34N4O2.2ClH/c1-5-27(6-2)15-17-29-23-13-9-19-20-10-14-24(30-18-16-28(7-3)8-4)26-22(20)12-11-21(19)25-23;;/h9-14H,5-8,15-18H2,1-4H3;2*1H. The predicted octanol–water partition coefficient (Wildman–Crippen LogP) is 5.07. The van der Waals surface area contributed by atoms with E-state index in [0.717, 1.165) is 61.1 Å². The Hall–Kier alpha value is -1.86. The molecule has 0 N–H and O–H groups in total. The lowest BCUT2D eigenvalue weighted by atomic mass is 10.1. The quantitative estimate of drug-likeness (QED) is 0.336. The number of hydrogen-bond acceptors (Lipinski definition) is 6. The van der Waals surface area contributed by atoms with Gasteiger partial charge < -0.3 is 19.3 Å². The molecule has 8 heteroatoms. The van der Waals surface area contributed by atoms with Crippen molar-refractivity contribution in [3.8, 4) is 11.8 Å². The van der Waals surface area contributed by atoms with Gasteiger partial charge in [0.25, 0.3) is 0 Å². The molecule has 0 saturated carbocycles. The fourth-order valence-corrected chi connectivity index (χ4v) is 3.58. The number of fused-ring (bicyclic) bond motifs is 3. The van der Waals surface area contributed by atoms with E-state index in [1.165, 1.54) is 0 Å². The molecular weight excluding hydrogens is 447 g/mol. The molecule has 0 amide bonds. The molecule has 6 nitrogen and oxygen atoms in total. The highest BCUT2D eigenvalue weighted by Gasteiger charge is 2.08. The summed E-state index contributed by atoms with van der Waals surface area (Å²) in [5, 5.41) is 2.15. The number of ether oxygens (including phenoxy) is 2. The van der Waals surface area contributed by atoms with Crippen LogP contribution >= 0.6 is 24.8 Å². The summed E-state index contributed by atoms with van der Waals surface area (Å²) >= 11 is 0. The smallest absolute Gasteiger partial charge is 0.213 e. The Morgan fingerprint density at radius 2 is 0.969 bits per heavy atom. The maximum Gasteiger partial charge on any atom is 0.213 e. The summed E-state index contributed by atoms with van der Waals surface area (Å²) in [5.74, 6) is 1.33. The molecule has 0 aliphatic rings. The van der Waals surface area contributed by atoms with Crippen LogP contribution in [0.4, 0.5) is 0 Å². The van der Waals surface area contributed by atoms with E-state index in [9.17, 15) is 0 Å². The first-order valence-electron chi connectivity index (χ1n) is 11.1. The van der Waals surface area contributed by atoms with Gasteiger partial charge in [-0.15, -0.1) is 24.8 Å². The first-order chi connectivity index (χ1) is 14.7. The van der Waals surface area contributed by atoms with Gasteiger partial charge >= 0.3 is 0 Å². The van der Waals surface area contributed by atoms with Crippen molar-refractivity contribution in [3.05, 3.63) is 36.4 Å². The predicted molar refractivity (Wildman–Crippen MR) is 138 cm³/mol. The number of benzene rings is 1. The lowest BCUT2D eigenvalue weighted by Crippen LogP contribution is -2.28. The summed E-state index contributed by atoms with van der Waals surface area (Å²) in [6.45, 7) is 15.9. The Morgan fingerprint density at radius 1 is 0.594 bits per heavy atom. The first-order valence-corrected chi connectivity index (χ1v) is 11.1. The Balaban J connectivity index is 0.00000256. The lowest BCUT2D eigenvalue weighted by molar-refractivity contribution is 0.218. The minimum Gasteiger partial charge on any atom is -0.476 e. The van der Waals surface area contributed by atoms with Gasteiger partial charge in [0.1, 0.15) is 13.2 Å². The second kappa shape index (κ2) is 14.3. The second-order valence-electron chi connectivity index (χ2n) is 7.25. The van der Waals surface area contributed by atoms with E-state index in [0.29, 0.717) is 25.0 Å². The van der Waals surface area contributed by atoms with E-state index in [1.54, 1.807) is 0 Å². The van der Waals surface area contributed by atoms with E-state index in [-0.39, 0.29) is 24.8 Å². The topological polar surface area (TPSA) is 50.7 Å². The average molecular weight is 483 g/mol. The number of rotatable bonds is 12. The van der Waals surface area contributed by atoms with Gasteiger partial charge in [-0.25, -0.2) is 9.97 Å². The third-order valence-corrected chi connectivity index (χ3v) is 5.59. The summed E-state index contributed by atoms with van der Waals surface area (Å²) in [5.41, 5.74) is 1.83. The molecule has 0 bridgehead atoms. The van der Waals surface area contributed by atoms with Crippen LogP contribution in [0, 0.1) is 0 Å². The molecule has 0 aliphatic heterocycles. The molecular formula is C24H36Cl2N4O2. The number of aromatic nitrogens is 2. The molecule has 2 heterocycles. The molecule has 0 saturated heterocycles. The van der Waals surface area contributed by atoms with Gasteiger partial charge in [-0.3, -0.25) is 0 Å². The summed E-state index contributed by atoms with van der Waals surface area (Å²) in [6.07, 6.45) is 0. The maximum atomic E-state index is 5.87. The van der Waals surface area contributed by atoms with E-state index in [4.69, 9.17) is 9.47 Å². The van der Waals surface area contributed by atoms with Crippen LogP contribution in [0.1, 0.15) is 27.7 Å². The van der Waals surface area contributed by atoms with Crippen LogP contribution < -0.4 is 9.47 Å². The van der Waals surface area contributed by atoms with Crippen molar-refractivity contribution in [1.29, 1.82) is 0 Å². The SMILES string of the molecule is CCN(CC)CCOc1ccc2c(ccc3nc(OCCN(CC)CC)ccc32)n1.Cl.Cl. The molecule has 0 aliphatic carbocycles. The van der Waals surface area contributed by atoms with E-state index < -0.39 is 0 Å². The third kappa shape index (κ3) is 7.34. The molecule has 178 valence electrons. The van der Waals surface area contributed by atoms with Gasteiger partial charge in [0, 0.05) is 36.0 Å². The monoisotopic (exact) mass is 482 g/mol. The fraction of sp³-hybridized carbons (Fsp3) is 0.500.